The second kappa shape index (κ2) is 6.65. The zero-order valence-electron chi connectivity index (χ0n) is 11.1. The fraction of sp³-hybridized carbons (Fsp3) is 0.429. The van der Waals surface area contributed by atoms with E-state index >= 15 is 0 Å². The molecule has 1 amide bonds. The van der Waals surface area contributed by atoms with Gasteiger partial charge in [0.05, 0.1) is 12.0 Å². The number of hydrogen-bond donors (Lipinski definition) is 1. The zero-order chi connectivity index (χ0) is 13.5. The summed E-state index contributed by atoms with van der Waals surface area (Å²) in [7, 11) is 1.84. The highest BCUT2D eigenvalue weighted by Gasteiger charge is 2.16. The summed E-state index contributed by atoms with van der Waals surface area (Å²) in [4.78, 5) is 13.9. The quantitative estimate of drug-likeness (QED) is 0.866. The summed E-state index contributed by atoms with van der Waals surface area (Å²) in [6, 6.07) is 9.49. The van der Waals surface area contributed by atoms with E-state index in [2.05, 4.69) is 11.4 Å². The maximum absolute atomic E-state index is 12.2. The number of nitrogens with zero attached hydrogens (tertiary/aromatic N) is 2. The van der Waals surface area contributed by atoms with E-state index in [1.54, 1.807) is 17.0 Å². The zero-order valence-corrected chi connectivity index (χ0v) is 11.1. The van der Waals surface area contributed by atoms with Crippen LogP contribution in [0, 0.1) is 17.2 Å². The van der Waals surface area contributed by atoms with Crippen molar-refractivity contribution in [3.63, 3.8) is 0 Å². The molecule has 0 saturated heterocycles. The molecule has 0 heterocycles. The SMILES string of the molecule is CCN(CC(C)C#N)C(=O)c1ccc(NC)cc1. The molecular formula is C14H19N3O. The molecule has 1 unspecified atom stereocenters. The van der Waals surface area contributed by atoms with Gasteiger partial charge in [0.1, 0.15) is 0 Å². The van der Waals surface area contributed by atoms with Crippen LogP contribution in [0.2, 0.25) is 0 Å². The molecule has 0 aliphatic rings. The van der Waals surface area contributed by atoms with E-state index in [1.165, 1.54) is 0 Å². The molecule has 1 atom stereocenters. The van der Waals surface area contributed by atoms with Gasteiger partial charge in [0.25, 0.3) is 5.91 Å². The Labute approximate surface area is 108 Å². The van der Waals surface area contributed by atoms with Crippen molar-refractivity contribution in [2.24, 2.45) is 5.92 Å². The summed E-state index contributed by atoms with van der Waals surface area (Å²) in [5.41, 5.74) is 1.63. The van der Waals surface area contributed by atoms with Gasteiger partial charge in [-0.15, -0.1) is 0 Å². The number of carbonyl (C=O) groups excluding carboxylic acids is 1. The summed E-state index contributed by atoms with van der Waals surface area (Å²) in [6.45, 7) is 4.82. The Kier molecular flexibility index (Phi) is 5.19. The molecule has 0 bridgehead atoms. The number of carbonyl (C=O) groups is 1. The van der Waals surface area contributed by atoms with E-state index in [0.29, 0.717) is 18.7 Å². The van der Waals surface area contributed by atoms with E-state index < -0.39 is 0 Å². The molecule has 4 nitrogen and oxygen atoms in total. The average Bonchev–Trinajstić information content (AvgIpc) is 2.43. The van der Waals surface area contributed by atoms with Crippen LogP contribution < -0.4 is 5.32 Å². The fourth-order valence-electron chi connectivity index (χ4n) is 1.69. The van der Waals surface area contributed by atoms with Crippen molar-refractivity contribution in [1.29, 1.82) is 5.26 Å². The molecule has 96 valence electrons. The summed E-state index contributed by atoms with van der Waals surface area (Å²) < 4.78 is 0. The minimum atomic E-state index is -0.148. The lowest BCUT2D eigenvalue weighted by molar-refractivity contribution is 0.0753. The third kappa shape index (κ3) is 3.49. The number of anilines is 1. The normalized spacial score (nSPS) is 11.4. The van der Waals surface area contributed by atoms with Crippen molar-refractivity contribution in [2.75, 3.05) is 25.5 Å². The third-order valence-corrected chi connectivity index (χ3v) is 2.80. The van der Waals surface area contributed by atoms with Crippen LogP contribution in [0.1, 0.15) is 24.2 Å². The number of nitrogens with one attached hydrogen (secondary N) is 1. The van der Waals surface area contributed by atoms with Gasteiger partial charge in [-0.1, -0.05) is 0 Å². The summed E-state index contributed by atoms with van der Waals surface area (Å²) >= 11 is 0. The van der Waals surface area contributed by atoms with Gasteiger partial charge in [0.15, 0.2) is 0 Å². The molecule has 1 aromatic rings. The highest BCUT2D eigenvalue weighted by Crippen LogP contribution is 2.12. The molecule has 0 aromatic heterocycles. The number of amides is 1. The second-order valence-electron chi connectivity index (χ2n) is 4.20. The van der Waals surface area contributed by atoms with Crippen LogP contribution in [0.25, 0.3) is 0 Å². The van der Waals surface area contributed by atoms with Crippen molar-refractivity contribution >= 4 is 11.6 Å². The number of benzene rings is 1. The molecule has 0 saturated carbocycles. The Hall–Kier alpha value is -2.02. The van der Waals surface area contributed by atoms with Gasteiger partial charge in [-0.2, -0.15) is 5.26 Å². The first-order chi connectivity index (χ1) is 8.62. The Morgan fingerprint density at radius 1 is 1.44 bits per heavy atom. The Balaban J connectivity index is 2.80. The smallest absolute Gasteiger partial charge is 0.253 e. The molecule has 4 heteroatoms. The first-order valence-corrected chi connectivity index (χ1v) is 6.09. The highest BCUT2D eigenvalue weighted by molar-refractivity contribution is 5.94. The fourth-order valence-corrected chi connectivity index (χ4v) is 1.69. The molecule has 1 N–H and O–H groups in total. The minimum Gasteiger partial charge on any atom is -0.388 e. The number of nitriles is 1. The molecule has 1 aromatic carbocycles. The number of hydrogen-bond acceptors (Lipinski definition) is 3. The third-order valence-electron chi connectivity index (χ3n) is 2.80. The lowest BCUT2D eigenvalue weighted by atomic mass is 10.1. The first kappa shape index (κ1) is 14.0. The second-order valence-corrected chi connectivity index (χ2v) is 4.20. The molecule has 0 aliphatic carbocycles. The largest absolute Gasteiger partial charge is 0.388 e. The van der Waals surface area contributed by atoms with Crippen molar-refractivity contribution in [2.45, 2.75) is 13.8 Å². The Morgan fingerprint density at radius 2 is 2.06 bits per heavy atom. The molecule has 0 fully saturated rings. The van der Waals surface area contributed by atoms with Crippen LogP contribution in [-0.2, 0) is 0 Å². The van der Waals surface area contributed by atoms with E-state index in [0.717, 1.165) is 5.69 Å². The monoisotopic (exact) mass is 245 g/mol. The molecule has 18 heavy (non-hydrogen) atoms. The standard InChI is InChI=1S/C14H19N3O/c1-4-17(10-11(2)9-15)14(18)12-5-7-13(16-3)8-6-12/h5-8,11,16H,4,10H2,1-3H3. The van der Waals surface area contributed by atoms with Crippen LogP contribution in [-0.4, -0.2) is 30.9 Å². The molecule has 0 radical (unpaired) electrons. The maximum atomic E-state index is 12.2. The average molecular weight is 245 g/mol. The van der Waals surface area contributed by atoms with Gasteiger partial charge in [0.2, 0.25) is 0 Å². The van der Waals surface area contributed by atoms with Gasteiger partial charge in [-0.05, 0) is 38.1 Å². The maximum Gasteiger partial charge on any atom is 0.253 e. The van der Waals surface area contributed by atoms with Crippen LogP contribution in [0.15, 0.2) is 24.3 Å². The van der Waals surface area contributed by atoms with E-state index in [-0.39, 0.29) is 11.8 Å². The lowest BCUT2D eigenvalue weighted by Crippen LogP contribution is -2.34. The predicted octanol–water partition coefficient (Wildman–Crippen LogP) is 2.35. The first-order valence-electron chi connectivity index (χ1n) is 6.09. The van der Waals surface area contributed by atoms with Crippen molar-refractivity contribution in [3.8, 4) is 6.07 Å². The van der Waals surface area contributed by atoms with Gasteiger partial charge in [-0.3, -0.25) is 4.79 Å². The van der Waals surface area contributed by atoms with Gasteiger partial charge in [-0.25, -0.2) is 0 Å². The topological polar surface area (TPSA) is 56.1 Å². The van der Waals surface area contributed by atoms with Crippen LogP contribution >= 0.6 is 0 Å². The van der Waals surface area contributed by atoms with E-state index in [1.807, 2.05) is 33.0 Å². The minimum absolute atomic E-state index is 0.0257. The summed E-state index contributed by atoms with van der Waals surface area (Å²) in [5.74, 6) is -0.173. The molecular weight excluding hydrogens is 226 g/mol. The molecule has 0 aliphatic heterocycles. The van der Waals surface area contributed by atoms with Gasteiger partial charge < -0.3 is 10.2 Å². The van der Waals surface area contributed by atoms with Crippen molar-refractivity contribution in [1.82, 2.24) is 4.90 Å². The van der Waals surface area contributed by atoms with Crippen LogP contribution in [0.3, 0.4) is 0 Å². The molecule has 1 rings (SSSR count). The van der Waals surface area contributed by atoms with Gasteiger partial charge >= 0.3 is 0 Å². The molecule has 0 spiro atoms. The number of rotatable bonds is 5. The Morgan fingerprint density at radius 3 is 2.50 bits per heavy atom. The van der Waals surface area contributed by atoms with E-state index in [9.17, 15) is 4.79 Å². The van der Waals surface area contributed by atoms with Crippen molar-refractivity contribution in [3.05, 3.63) is 29.8 Å². The van der Waals surface area contributed by atoms with Crippen molar-refractivity contribution < 1.29 is 4.79 Å². The predicted molar refractivity (Wildman–Crippen MR) is 72.3 cm³/mol. The van der Waals surface area contributed by atoms with Crippen LogP contribution in [0.5, 0.6) is 0 Å². The van der Waals surface area contributed by atoms with Gasteiger partial charge in [0, 0.05) is 31.4 Å². The highest BCUT2D eigenvalue weighted by atomic mass is 16.2. The van der Waals surface area contributed by atoms with E-state index in [4.69, 9.17) is 5.26 Å². The Bertz CT molecular complexity index is 433. The summed E-state index contributed by atoms with van der Waals surface area (Å²) in [6.07, 6.45) is 0. The van der Waals surface area contributed by atoms with Crippen LogP contribution in [0.4, 0.5) is 5.69 Å². The summed E-state index contributed by atoms with van der Waals surface area (Å²) in [5, 5.41) is 11.8. The lowest BCUT2D eigenvalue weighted by Gasteiger charge is -2.22.